The smallest absolute Gasteiger partial charge is 0.272 e. The molecule has 3 saturated carbocycles. The number of amides is 2. The predicted octanol–water partition coefficient (Wildman–Crippen LogP) is 6.52. The van der Waals surface area contributed by atoms with Crippen LogP contribution in [0.3, 0.4) is 0 Å². The summed E-state index contributed by atoms with van der Waals surface area (Å²) >= 11 is 0. The Morgan fingerprint density at radius 3 is 2.57 bits per heavy atom. The third-order valence-corrected chi connectivity index (χ3v) is 11.7. The van der Waals surface area contributed by atoms with Crippen molar-refractivity contribution in [2.45, 2.75) is 82.1 Å². The van der Waals surface area contributed by atoms with Gasteiger partial charge in [0.15, 0.2) is 5.69 Å². The number of hydrogen-bond donors (Lipinski definition) is 3. The predicted molar refractivity (Wildman–Crippen MR) is 199 cm³/mol. The Labute approximate surface area is 308 Å². The molecule has 4 fully saturated rings. The molecular formula is C42H44FN7O3. The summed E-state index contributed by atoms with van der Waals surface area (Å²) in [5.74, 6) is -0.618. The highest BCUT2D eigenvalue weighted by atomic mass is 19.1. The van der Waals surface area contributed by atoms with Crippen molar-refractivity contribution in [2.24, 2.45) is 5.41 Å². The monoisotopic (exact) mass is 713 g/mol. The number of carbonyl (C=O) groups is 2. The number of nitrogens with one attached hydrogen (secondary N) is 3. The Morgan fingerprint density at radius 1 is 0.943 bits per heavy atom. The fraction of sp³-hybridized carbons (Fsp3) is 0.381. The second-order valence-electron chi connectivity index (χ2n) is 15.8. The molecule has 5 aromatic rings. The maximum Gasteiger partial charge on any atom is 0.272 e. The summed E-state index contributed by atoms with van der Waals surface area (Å²) in [5.41, 5.74) is 4.96. The molecule has 4 heterocycles. The largest absolute Gasteiger partial charge is 0.438 e. The number of carbonyl (C=O) groups excluding carboxylic acids is 2. The molecule has 3 N–H and O–H groups in total. The van der Waals surface area contributed by atoms with Gasteiger partial charge in [0.25, 0.3) is 11.8 Å². The van der Waals surface area contributed by atoms with E-state index in [0.717, 1.165) is 74.6 Å². The first-order chi connectivity index (χ1) is 25.7. The normalized spacial score (nSPS) is 24.6. The van der Waals surface area contributed by atoms with Crippen LogP contribution in [-0.4, -0.2) is 68.1 Å². The van der Waals surface area contributed by atoms with Crippen LogP contribution in [0.4, 0.5) is 4.39 Å². The van der Waals surface area contributed by atoms with Crippen LogP contribution >= 0.6 is 0 Å². The summed E-state index contributed by atoms with van der Waals surface area (Å²) in [7, 11) is 0. The molecule has 1 saturated heterocycles. The zero-order valence-corrected chi connectivity index (χ0v) is 29.9. The number of piperazine rings is 1. The number of nitrogens with zero attached hydrogens (tertiary/aromatic N) is 4. The third-order valence-electron chi connectivity index (χ3n) is 11.7. The lowest BCUT2D eigenvalue weighted by atomic mass is 9.82. The van der Waals surface area contributed by atoms with E-state index in [2.05, 4.69) is 62.1 Å². The number of aromatic nitrogens is 3. The van der Waals surface area contributed by atoms with Gasteiger partial charge in [-0.25, -0.2) is 13.9 Å². The summed E-state index contributed by atoms with van der Waals surface area (Å²) in [5, 5.41) is 14.4. The molecule has 1 unspecified atom stereocenters. The van der Waals surface area contributed by atoms with Gasteiger partial charge in [-0.15, -0.1) is 0 Å². The molecule has 1 aliphatic heterocycles. The first-order valence-electron chi connectivity index (χ1n) is 18.8. The van der Waals surface area contributed by atoms with Crippen LogP contribution in [-0.2, 0) is 6.54 Å². The maximum atomic E-state index is 14.5. The maximum absolute atomic E-state index is 14.5. The Balaban J connectivity index is 0.807. The summed E-state index contributed by atoms with van der Waals surface area (Å²) in [4.78, 5) is 33.2. The number of hydrogen-bond acceptors (Lipinski definition) is 7. The highest BCUT2D eigenvalue weighted by Crippen LogP contribution is 2.56. The van der Waals surface area contributed by atoms with Gasteiger partial charge in [0.1, 0.15) is 17.1 Å². The lowest BCUT2D eigenvalue weighted by Crippen LogP contribution is -2.56. The van der Waals surface area contributed by atoms with Crippen LogP contribution in [0.25, 0.3) is 16.6 Å². The average molecular weight is 714 g/mol. The molecule has 2 amide bonds. The van der Waals surface area contributed by atoms with E-state index in [1.165, 1.54) is 24.5 Å². The third kappa shape index (κ3) is 7.15. The molecule has 0 bridgehead atoms. The number of halogens is 1. The van der Waals surface area contributed by atoms with Crippen molar-refractivity contribution in [1.29, 1.82) is 0 Å². The van der Waals surface area contributed by atoms with Gasteiger partial charge in [-0.3, -0.25) is 14.5 Å². The lowest BCUT2D eigenvalue weighted by Gasteiger charge is -2.38. The van der Waals surface area contributed by atoms with Gasteiger partial charge in [-0.1, -0.05) is 42.5 Å². The second-order valence-corrected chi connectivity index (χ2v) is 15.8. The molecular weight excluding hydrogens is 670 g/mol. The van der Waals surface area contributed by atoms with Crippen molar-refractivity contribution >= 4 is 17.3 Å². The minimum absolute atomic E-state index is 0.0194. The second kappa shape index (κ2) is 13.4. The van der Waals surface area contributed by atoms with Crippen molar-refractivity contribution in [3.05, 3.63) is 114 Å². The van der Waals surface area contributed by atoms with Crippen LogP contribution in [0.1, 0.15) is 78.3 Å². The van der Waals surface area contributed by atoms with E-state index in [1.54, 1.807) is 10.6 Å². The standard InChI is InChI=1S/C42H44FN7O3/c1-27-24-49(26-42(47-27)16-17-42)25-28-8-10-29(11-9-28)30-5-4-7-34(19-30)53-40-35(20-31(43)23-44-40)38(51)46-37-22-41(37)14-12-32(13-15-41)45-39(52)36-21-33-6-2-3-18-50(33)48-36/h2-11,18-21,23,27,32,37,47H,12-17,22,24-26H2,1H3,(H,45,52)(H,46,51)/t27-,32?,37?,41?/m0/s1. The minimum Gasteiger partial charge on any atom is -0.438 e. The van der Waals surface area contributed by atoms with E-state index < -0.39 is 11.7 Å². The van der Waals surface area contributed by atoms with Crippen LogP contribution in [0.2, 0.25) is 0 Å². The Kier molecular flexibility index (Phi) is 8.50. The molecule has 3 aromatic heterocycles. The van der Waals surface area contributed by atoms with Crippen LogP contribution in [0.15, 0.2) is 91.3 Å². The van der Waals surface area contributed by atoms with E-state index in [4.69, 9.17) is 4.74 Å². The number of ether oxygens (including phenoxy) is 1. The van der Waals surface area contributed by atoms with Crippen LogP contribution in [0, 0.1) is 11.2 Å². The van der Waals surface area contributed by atoms with Gasteiger partial charge in [-0.05, 0) is 110 Å². The van der Waals surface area contributed by atoms with E-state index in [0.29, 0.717) is 23.0 Å². The molecule has 11 heteroatoms. The molecule has 272 valence electrons. The minimum atomic E-state index is -0.605. The summed E-state index contributed by atoms with van der Waals surface area (Å²) < 4.78 is 22.3. The fourth-order valence-corrected chi connectivity index (χ4v) is 8.64. The number of benzene rings is 2. The number of fused-ring (bicyclic) bond motifs is 1. The molecule has 53 heavy (non-hydrogen) atoms. The molecule has 2 atom stereocenters. The zero-order valence-electron chi connectivity index (χ0n) is 29.9. The Morgan fingerprint density at radius 2 is 1.77 bits per heavy atom. The Bertz CT molecular complexity index is 2140. The number of rotatable bonds is 9. The molecule has 2 spiro atoms. The SMILES string of the molecule is C[C@H]1CN(Cc2ccc(-c3cccc(Oc4ncc(F)cc4C(=O)NC4CC45CCC(NC(=O)c4cc6ccccn6n4)CC5)c3)cc2)CC2(CC2)N1. The molecule has 3 aliphatic carbocycles. The molecule has 2 aromatic carbocycles. The first-order valence-corrected chi connectivity index (χ1v) is 18.8. The van der Waals surface area contributed by atoms with Crippen LogP contribution in [0.5, 0.6) is 11.6 Å². The number of pyridine rings is 2. The molecule has 9 rings (SSSR count). The quantitative estimate of drug-likeness (QED) is 0.160. The summed E-state index contributed by atoms with van der Waals surface area (Å²) in [6.45, 7) is 5.36. The molecule has 0 radical (unpaired) electrons. The van der Waals surface area contributed by atoms with Crippen LogP contribution < -0.4 is 20.7 Å². The summed E-state index contributed by atoms with van der Waals surface area (Å²) in [6, 6.07) is 25.5. The fourth-order valence-electron chi connectivity index (χ4n) is 8.64. The van der Waals surface area contributed by atoms with E-state index in [1.807, 2.05) is 48.7 Å². The Hall–Kier alpha value is -5.13. The topological polar surface area (TPSA) is 113 Å². The van der Waals surface area contributed by atoms with Gasteiger partial charge in [0.2, 0.25) is 5.88 Å². The van der Waals surface area contributed by atoms with Crippen molar-refractivity contribution in [2.75, 3.05) is 13.1 Å². The van der Waals surface area contributed by atoms with Gasteiger partial charge < -0.3 is 20.7 Å². The van der Waals surface area contributed by atoms with E-state index in [9.17, 15) is 14.0 Å². The van der Waals surface area contributed by atoms with E-state index >= 15 is 0 Å². The van der Waals surface area contributed by atoms with E-state index in [-0.39, 0.29) is 34.8 Å². The molecule has 10 nitrogen and oxygen atoms in total. The van der Waals surface area contributed by atoms with Gasteiger partial charge >= 0.3 is 0 Å². The van der Waals surface area contributed by atoms with Crippen molar-refractivity contribution in [1.82, 2.24) is 35.4 Å². The zero-order chi connectivity index (χ0) is 36.2. The summed E-state index contributed by atoms with van der Waals surface area (Å²) in [6.07, 6.45) is 9.66. The lowest BCUT2D eigenvalue weighted by molar-refractivity contribution is 0.0911. The van der Waals surface area contributed by atoms with Gasteiger partial charge in [0.05, 0.1) is 11.7 Å². The highest BCUT2D eigenvalue weighted by Gasteiger charge is 2.56. The molecule has 4 aliphatic rings. The van der Waals surface area contributed by atoms with Gasteiger partial charge in [0, 0.05) is 49.5 Å². The van der Waals surface area contributed by atoms with Crippen molar-refractivity contribution in [3.8, 4) is 22.8 Å². The average Bonchev–Trinajstić information content (AvgIpc) is 4.00. The van der Waals surface area contributed by atoms with Crippen molar-refractivity contribution < 1.29 is 18.7 Å². The van der Waals surface area contributed by atoms with Gasteiger partial charge in [-0.2, -0.15) is 5.10 Å². The first kappa shape index (κ1) is 33.7. The van der Waals surface area contributed by atoms with Crippen molar-refractivity contribution in [3.63, 3.8) is 0 Å². The highest BCUT2D eigenvalue weighted by molar-refractivity contribution is 5.97.